The smallest absolute Gasteiger partial charge is 0.410 e. The average Bonchev–Trinajstić information content (AvgIpc) is 2.95. The van der Waals surface area contributed by atoms with Gasteiger partial charge >= 0.3 is 6.09 Å². The van der Waals surface area contributed by atoms with Gasteiger partial charge in [0.05, 0.1) is 16.3 Å². The predicted octanol–water partition coefficient (Wildman–Crippen LogP) is 5.08. The summed E-state index contributed by atoms with van der Waals surface area (Å²) in [6.07, 6.45) is 3.40. The van der Waals surface area contributed by atoms with E-state index in [1.54, 1.807) is 4.90 Å². The maximum absolute atomic E-state index is 13.7. The van der Waals surface area contributed by atoms with Crippen molar-refractivity contribution in [1.29, 1.82) is 0 Å². The Hall–Kier alpha value is -3.75. The van der Waals surface area contributed by atoms with Crippen LogP contribution >= 0.6 is 0 Å². The van der Waals surface area contributed by atoms with Crippen molar-refractivity contribution in [3.05, 3.63) is 64.2 Å². The number of carbonyl (C=O) groups is 2. The number of nitro benzene ring substituents is 1. The van der Waals surface area contributed by atoms with Crippen molar-refractivity contribution in [2.45, 2.75) is 52.1 Å². The molecule has 0 saturated heterocycles. The van der Waals surface area contributed by atoms with Crippen molar-refractivity contribution in [3.63, 3.8) is 0 Å². The van der Waals surface area contributed by atoms with Crippen LogP contribution in [0.1, 0.15) is 51.5 Å². The highest BCUT2D eigenvalue weighted by atomic mass is 16.6. The van der Waals surface area contributed by atoms with Gasteiger partial charge in [-0.15, -0.1) is 0 Å². The molecular weight excluding hydrogens is 448 g/mol. The van der Waals surface area contributed by atoms with Crippen LogP contribution in [0, 0.1) is 22.0 Å². The molecule has 0 aromatic heterocycles. The normalized spacial score (nSPS) is 18.5. The van der Waals surface area contributed by atoms with Crippen molar-refractivity contribution in [3.8, 4) is 5.75 Å². The van der Waals surface area contributed by atoms with Crippen molar-refractivity contribution in [2.75, 3.05) is 11.4 Å². The second-order valence-corrected chi connectivity index (χ2v) is 9.40. The molecular formula is C26H30N4O5. The lowest BCUT2D eigenvalue weighted by Crippen LogP contribution is -2.49. The summed E-state index contributed by atoms with van der Waals surface area (Å²) in [7, 11) is 0. The SMILES string of the molecule is CC(C)CN1C(=O)[C@@H](NC(=O)Oc2ccc([N+](=O)[O-])cc2)N=C(C2CCCCC2)c2ccccc21. The summed E-state index contributed by atoms with van der Waals surface area (Å²) >= 11 is 0. The molecule has 0 radical (unpaired) electrons. The quantitative estimate of drug-likeness (QED) is 0.459. The van der Waals surface area contributed by atoms with Crippen LogP contribution in [0.2, 0.25) is 0 Å². The fourth-order valence-corrected chi connectivity index (χ4v) is 4.69. The van der Waals surface area contributed by atoms with Gasteiger partial charge in [0.15, 0.2) is 0 Å². The number of fused-ring (bicyclic) bond motifs is 1. The third kappa shape index (κ3) is 5.67. The number of aliphatic imine (C=N–C) groups is 1. The largest absolute Gasteiger partial charge is 0.414 e. The number of anilines is 1. The fourth-order valence-electron chi connectivity index (χ4n) is 4.69. The molecule has 1 fully saturated rings. The first-order valence-corrected chi connectivity index (χ1v) is 12.0. The number of benzodiazepines with no additional fused rings is 1. The monoisotopic (exact) mass is 478 g/mol. The Balaban J connectivity index is 1.64. The van der Waals surface area contributed by atoms with Gasteiger partial charge in [0.1, 0.15) is 5.75 Å². The van der Waals surface area contributed by atoms with Crippen LogP contribution in [-0.4, -0.2) is 35.3 Å². The van der Waals surface area contributed by atoms with Gasteiger partial charge in [-0.2, -0.15) is 0 Å². The minimum absolute atomic E-state index is 0.111. The first-order chi connectivity index (χ1) is 16.8. The number of rotatable bonds is 6. The number of amides is 2. The number of hydrogen-bond donors (Lipinski definition) is 1. The van der Waals surface area contributed by atoms with Crippen LogP contribution in [-0.2, 0) is 4.79 Å². The number of nitrogens with one attached hydrogen (secondary N) is 1. The Bertz CT molecular complexity index is 1120. The van der Waals surface area contributed by atoms with Crippen LogP contribution in [0.25, 0.3) is 0 Å². The molecule has 9 heteroatoms. The Morgan fingerprint density at radius 3 is 2.49 bits per heavy atom. The third-order valence-electron chi connectivity index (χ3n) is 6.29. The number of ether oxygens (including phenoxy) is 1. The van der Waals surface area contributed by atoms with E-state index in [1.807, 2.05) is 38.1 Å². The number of nitro groups is 1. The summed E-state index contributed by atoms with van der Waals surface area (Å²) < 4.78 is 5.30. The van der Waals surface area contributed by atoms with Gasteiger partial charge in [0.2, 0.25) is 6.17 Å². The van der Waals surface area contributed by atoms with E-state index in [1.165, 1.54) is 30.7 Å². The summed E-state index contributed by atoms with van der Waals surface area (Å²) in [6.45, 7) is 4.56. The topological polar surface area (TPSA) is 114 Å². The van der Waals surface area contributed by atoms with E-state index < -0.39 is 17.2 Å². The molecule has 2 aliphatic rings. The molecule has 9 nitrogen and oxygen atoms in total. The summed E-state index contributed by atoms with van der Waals surface area (Å²) in [5.41, 5.74) is 2.48. The minimum Gasteiger partial charge on any atom is -0.410 e. The number of nitrogens with zero attached hydrogens (tertiary/aromatic N) is 3. The number of non-ortho nitro benzene ring substituents is 1. The maximum Gasteiger partial charge on any atom is 0.414 e. The maximum atomic E-state index is 13.7. The molecule has 1 heterocycles. The fraction of sp³-hybridized carbons (Fsp3) is 0.423. The standard InChI is InChI=1S/C26H30N4O5/c1-17(2)16-29-22-11-7-6-10-21(22)23(18-8-4-3-5-9-18)27-24(25(29)31)28-26(32)35-20-14-12-19(13-15-20)30(33)34/h6-7,10-15,17-18,24H,3-5,8-9,16H2,1-2H3,(H,28,32)/t24-/m1/s1. The molecule has 2 amide bonds. The van der Waals surface area contributed by atoms with E-state index in [2.05, 4.69) is 5.32 Å². The number of carbonyl (C=O) groups excluding carboxylic acids is 2. The number of para-hydroxylation sites is 1. The van der Waals surface area contributed by atoms with E-state index >= 15 is 0 Å². The Labute approximate surface area is 204 Å². The number of hydrogen-bond acceptors (Lipinski definition) is 6. The minimum atomic E-state index is -1.14. The summed E-state index contributed by atoms with van der Waals surface area (Å²) in [5, 5.41) is 13.5. The second kappa shape index (κ2) is 10.7. The second-order valence-electron chi connectivity index (χ2n) is 9.40. The van der Waals surface area contributed by atoms with E-state index in [-0.39, 0.29) is 29.2 Å². The van der Waals surface area contributed by atoms with Crippen LogP contribution in [0.4, 0.5) is 16.2 Å². The van der Waals surface area contributed by atoms with Gasteiger partial charge in [-0.1, -0.05) is 51.3 Å². The van der Waals surface area contributed by atoms with Gasteiger partial charge in [0.25, 0.3) is 11.6 Å². The molecule has 1 atom stereocenters. The third-order valence-corrected chi connectivity index (χ3v) is 6.29. The molecule has 1 aliphatic carbocycles. The molecule has 184 valence electrons. The highest BCUT2D eigenvalue weighted by Crippen LogP contribution is 2.34. The van der Waals surface area contributed by atoms with Crippen molar-refractivity contribution in [2.24, 2.45) is 16.8 Å². The van der Waals surface area contributed by atoms with Crippen LogP contribution in [0.5, 0.6) is 5.75 Å². The van der Waals surface area contributed by atoms with E-state index in [4.69, 9.17) is 9.73 Å². The zero-order valence-electron chi connectivity index (χ0n) is 20.0. The summed E-state index contributed by atoms with van der Waals surface area (Å²) in [6, 6.07) is 13.0. The molecule has 2 aromatic rings. The molecule has 1 N–H and O–H groups in total. The Kier molecular flexibility index (Phi) is 7.43. The summed E-state index contributed by atoms with van der Waals surface area (Å²) in [5.74, 6) is 0.230. The first-order valence-electron chi connectivity index (χ1n) is 12.0. The van der Waals surface area contributed by atoms with E-state index in [9.17, 15) is 19.7 Å². The molecule has 4 rings (SSSR count). The van der Waals surface area contributed by atoms with Crippen molar-refractivity contribution in [1.82, 2.24) is 5.32 Å². The van der Waals surface area contributed by atoms with Crippen LogP contribution < -0.4 is 15.0 Å². The van der Waals surface area contributed by atoms with Crippen LogP contribution in [0.3, 0.4) is 0 Å². The predicted molar refractivity (Wildman–Crippen MR) is 133 cm³/mol. The number of benzene rings is 2. The molecule has 0 unspecified atom stereocenters. The van der Waals surface area contributed by atoms with Gasteiger partial charge in [0, 0.05) is 30.2 Å². The molecule has 2 aromatic carbocycles. The molecule has 1 saturated carbocycles. The Morgan fingerprint density at radius 1 is 1.14 bits per heavy atom. The van der Waals surface area contributed by atoms with Crippen molar-refractivity contribution >= 4 is 29.1 Å². The lowest BCUT2D eigenvalue weighted by Gasteiger charge is -2.27. The van der Waals surface area contributed by atoms with Gasteiger partial charge in [-0.25, -0.2) is 4.79 Å². The van der Waals surface area contributed by atoms with Gasteiger partial charge < -0.3 is 9.64 Å². The summed E-state index contributed by atoms with van der Waals surface area (Å²) in [4.78, 5) is 43.2. The highest BCUT2D eigenvalue weighted by Gasteiger charge is 2.35. The lowest BCUT2D eigenvalue weighted by molar-refractivity contribution is -0.384. The Morgan fingerprint density at radius 2 is 1.83 bits per heavy atom. The molecule has 0 spiro atoms. The molecule has 1 aliphatic heterocycles. The molecule has 0 bridgehead atoms. The lowest BCUT2D eigenvalue weighted by atomic mass is 9.82. The zero-order chi connectivity index (χ0) is 24.9. The van der Waals surface area contributed by atoms with Gasteiger partial charge in [-0.3, -0.25) is 25.2 Å². The first kappa shape index (κ1) is 24.4. The molecule has 35 heavy (non-hydrogen) atoms. The van der Waals surface area contributed by atoms with Crippen molar-refractivity contribution < 1.29 is 19.2 Å². The van der Waals surface area contributed by atoms with Gasteiger partial charge in [-0.05, 0) is 37.0 Å². The van der Waals surface area contributed by atoms with Crippen LogP contribution in [0.15, 0.2) is 53.5 Å². The van der Waals surface area contributed by atoms with E-state index in [0.717, 1.165) is 42.6 Å². The average molecular weight is 479 g/mol. The van der Waals surface area contributed by atoms with E-state index in [0.29, 0.717) is 6.54 Å². The zero-order valence-corrected chi connectivity index (χ0v) is 20.0. The highest BCUT2D eigenvalue weighted by molar-refractivity contribution is 6.14.